The van der Waals surface area contributed by atoms with Gasteiger partial charge in [0.05, 0.1) is 17.6 Å². The summed E-state index contributed by atoms with van der Waals surface area (Å²) in [5.41, 5.74) is 7.23. The number of amides is 4. The molecule has 102 heavy (non-hydrogen) atoms. The third-order valence-electron chi connectivity index (χ3n) is 21.1. The predicted octanol–water partition coefficient (Wildman–Crippen LogP) is 13.2. The van der Waals surface area contributed by atoms with Crippen LogP contribution in [-0.4, -0.2) is 156 Å². The summed E-state index contributed by atoms with van der Waals surface area (Å²) in [6, 6.07) is 62.2. The van der Waals surface area contributed by atoms with E-state index < -0.39 is 6.10 Å². The Morgan fingerprint density at radius 3 is 1.25 bits per heavy atom. The van der Waals surface area contributed by atoms with Gasteiger partial charge in [-0.3, -0.25) is 29.1 Å². The lowest BCUT2D eigenvalue weighted by Gasteiger charge is -2.37. The highest BCUT2D eigenvalue weighted by molar-refractivity contribution is 5.86. The molecular weight excluding hydrogens is 1270 g/mol. The number of aliphatic hydroxyl groups excluding tert-OH is 1. The summed E-state index contributed by atoms with van der Waals surface area (Å²) >= 11 is 0. The number of epoxide rings is 1. The zero-order chi connectivity index (χ0) is 70.3. The van der Waals surface area contributed by atoms with Gasteiger partial charge < -0.3 is 50.0 Å². The van der Waals surface area contributed by atoms with Gasteiger partial charge in [-0.25, -0.2) is 0 Å². The van der Waals surface area contributed by atoms with E-state index in [1.54, 1.807) is 12.4 Å². The van der Waals surface area contributed by atoms with Crippen LogP contribution in [0.5, 0.6) is 11.5 Å². The van der Waals surface area contributed by atoms with Gasteiger partial charge in [0.25, 0.3) is 0 Å². The molecule has 0 saturated carbocycles. The number of pyridine rings is 2. The molecule has 5 aliphatic rings. The number of carbonyl (C=O) groups is 4. The molecule has 0 radical (unpaired) electrons. The molecule has 2 aromatic heterocycles. The Bertz CT molecular complexity index is 3680. The smallest absolute Gasteiger partial charge is 0.225 e. The number of ether oxygens (including phenoxy) is 3. The van der Waals surface area contributed by atoms with E-state index in [9.17, 15) is 24.3 Å². The van der Waals surface area contributed by atoms with E-state index >= 15 is 0 Å². The fourth-order valence-corrected chi connectivity index (χ4v) is 15.0. The molecule has 4 amide bonds. The third kappa shape index (κ3) is 24.0. The van der Waals surface area contributed by atoms with Crippen LogP contribution in [0, 0.1) is 23.7 Å². The van der Waals surface area contributed by atoms with Crippen LogP contribution in [0.2, 0.25) is 0 Å². The first kappa shape index (κ1) is 74.6. The van der Waals surface area contributed by atoms with Crippen LogP contribution in [0.3, 0.4) is 0 Å². The average molecular weight is 1380 g/mol. The molecular formula is C86H108N8O8. The van der Waals surface area contributed by atoms with Crippen LogP contribution in [0.4, 0.5) is 0 Å². The van der Waals surface area contributed by atoms with Gasteiger partial charge >= 0.3 is 0 Å². The fourth-order valence-electron chi connectivity index (χ4n) is 15.0. The standard InChI is InChI=1S/C43H54N4O4.C31H43N3O2.C12H11NO2/c48-38(32-51-41-21-9-20-40-39(41)19-10-26-44-40)31-46-27-22-36(23-28-46)43(50)47-29-24-35(25-30-47)42(49)45-37(17-7-15-33-11-3-1-4-12-33)18-8-16-34-13-5-2-6-14-34;35-30(27-19-23-34(24-20-27)31(36)28-17-21-32-22-18-28)33-29(15-7-13-25-9-3-1-4-10-25)16-8-14-26-11-5-2-6-12-26;1-4-11-10(3-2-6-13-11)12(5-1)15-8-9-7-14-9/h1-6,9-14,19-21,26,35-38,48H,7-8,15-18,22-25,27-32H2,(H,45,49);1-6,9-12,27-29,32H,7-8,13-24H2,(H,33,35);1-6,9H,7-8H2/t38-;;9-/m1.1/s1. The topological polar surface area (TPSA) is 191 Å². The van der Waals surface area contributed by atoms with Crippen molar-refractivity contribution in [3.63, 3.8) is 0 Å². The van der Waals surface area contributed by atoms with E-state index in [0.717, 1.165) is 195 Å². The second-order valence-electron chi connectivity index (χ2n) is 28.6. The Labute approximate surface area is 604 Å². The highest BCUT2D eigenvalue weighted by atomic mass is 16.6. The number of benzene rings is 6. The first-order chi connectivity index (χ1) is 50.1. The summed E-state index contributed by atoms with van der Waals surface area (Å²) in [6.45, 7) is 8.32. The van der Waals surface area contributed by atoms with E-state index in [1.807, 2.05) is 70.5 Å². The van der Waals surface area contributed by atoms with Crippen molar-refractivity contribution >= 4 is 45.4 Å². The number of fused-ring (bicyclic) bond motifs is 2. The maximum absolute atomic E-state index is 13.5. The van der Waals surface area contributed by atoms with Gasteiger partial charge in [-0.1, -0.05) is 133 Å². The zero-order valence-electron chi connectivity index (χ0n) is 59.8. The first-order valence-corrected chi connectivity index (χ1v) is 38.1. The van der Waals surface area contributed by atoms with Crippen molar-refractivity contribution in [2.24, 2.45) is 23.7 Å². The second-order valence-corrected chi connectivity index (χ2v) is 28.6. The van der Waals surface area contributed by atoms with Crippen molar-refractivity contribution < 1.29 is 38.5 Å². The lowest BCUT2D eigenvalue weighted by atomic mass is 9.91. The van der Waals surface area contributed by atoms with Crippen molar-refractivity contribution in [2.75, 3.05) is 78.7 Å². The number of piperidine rings is 4. The average Bonchev–Trinajstić information content (AvgIpc) is 1.72. The minimum Gasteiger partial charge on any atom is -0.490 e. The first-order valence-electron chi connectivity index (χ1n) is 38.1. The molecule has 13 rings (SSSR count). The molecule has 5 fully saturated rings. The maximum Gasteiger partial charge on any atom is 0.225 e. The van der Waals surface area contributed by atoms with Gasteiger partial charge in [0.15, 0.2) is 0 Å². The molecule has 0 bridgehead atoms. The molecule has 4 N–H and O–H groups in total. The highest BCUT2D eigenvalue weighted by Crippen LogP contribution is 2.29. The minimum absolute atomic E-state index is 0.00168. The van der Waals surface area contributed by atoms with Crippen molar-refractivity contribution in [3.8, 4) is 11.5 Å². The molecule has 7 heterocycles. The van der Waals surface area contributed by atoms with E-state index in [0.29, 0.717) is 45.2 Å². The summed E-state index contributed by atoms with van der Waals surface area (Å²) in [7, 11) is 0. The molecule has 5 aliphatic heterocycles. The van der Waals surface area contributed by atoms with Crippen molar-refractivity contribution in [3.05, 3.63) is 217 Å². The monoisotopic (exact) mass is 1380 g/mol. The Kier molecular flexibility index (Phi) is 29.5. The van der Waals surface area contributed by atoms with E-state index in [4.69, 9.17) is 14.2 Å². The lowest BCUT2D eigenvalue weighted by molar-refractivity contribution is -0.140. The molecule has 0 aliphatic carbocycles. The number of hydrogen-bond donors (Lipinski definition) is 4. The van der Waals surface area contributed by atoms with Gasteiger partial charge in [-0.05, 0) is 225 Å². The van der Waals surface area contributed by atoms with Gasteiger partial charge in [0, 0.05) is 91.6 Å². The Hall–Kier alpha value is -8.54. The van der Waals surface area contributed by atoms with Crippen LogP contribution in [0.25, 0.3) is 21.8 Å². The normalized spacial score (nSPS) is 17.3. The summed E-state index contributed by atoms with van der Waals surface area (Å²) in [5.74, 6) is 2.61. The Balaban J connectivity index is 0.000000176. The molecule has 540 valence electrons. The number of carbonyl (C=O) groups excluding carboxylic acids is 4. The number of rotatable bonds is 30. The number of nitrogens with one attached hydrogen (secondary N) is 3. The van der Waals surface area contributed by atoms with Crippen LogP contribution < -0.4 is 25.4 Å². The maximum atomic E-state index is 13.5. The molecule has 16 nitrogen and oxygen atoms in total. The molecule has 8 aromatic rings. The number of hydrogen-bond acceptors (Lipinski definition) is 12. The van der Waals surface area contributed by atoms with Crippen LogP contribution in [-0.2, 0) is 49.6 Å². The Morgan fingerprint density at radius 1 is 0.461 bits per heavy atom. The number of aliphatic hydroxyl groups is 1. The minimum atomic E-state index is -0.623. The molecule has 5 saturated heterocycles. The van der Waals surface area contributed by atoms with Gasteiger partial charge in [0.2, 0.25) is 23.6 Å². The van der Waals surface area contributed by atoms with E-state index in [2.05, 4.69) is 152 Å². The SMILES string of the molecule is O=C(NC(CCCc1ccccc1)CCCc1ccccc1)C1CCN(C(=O)C2CCN(C[C@@H](O)COc3cccc4ncccc34)CC2)CC1.O=C(NC(CCCc1ccccc1)CCCc1ccccc1)C1CCN(C(=O)C2CCNCC2)CC1.c1cc(OC[C@H]2CO2)c2cccnc2c1. The van der Waals surface area contributed by atoms with Crippen molar-refractivity contribution in [1.29, 1.82) is 0 Å². The highest BCUT2D eigenvalue weighted by Gasteiger charge is 2.35. The van der Waals surface area contributed by atoms with Crippen LogP contribution >= 0.6 is 0 Å². The van der Waals surface area contributed by atoms with Crippen molar-refractivity contribution in [1.82, 2.24) is 40.6 Å². The second kappa shape index (κ2) is 40.3. The number of nitrogens with zero attached hydrogens (tertiary/aromatic N) is 5. The number of β-amino-alcohol motifs (C(OH)–C–C–N with tert-alkyl or cyclic N) is 1. The largest absolute Gasteiger partial charge is 0.490 e. The predicted molar refractivity (Wildman–Crippen MR) is 405 cm³/mol. The van der Waals surface area contributed by atoms with Gasteiger partial charge in [-0.15, -0.1) is 0 Å². The molecule has 2 atom stereocenters. The Morgan fingerprint density at radius 2 is 0.843 bits per heavy atom. The quantitative estimate of drug-likeness (QED) is 0.0312. The van der Waals surface area contributed by atoms with Gasteiger partial charge in [0.1, 0.15) is 36.9 Å². The van der Waals surface area contributed by atoms with Crippen molar-refractivity contribution in [2.45, 2.75) is 153 Å². The lowest BCUT2D eigenvalue weighted by Crippen LogP contribution is -2.49. The molecule has 16 heteroatoms. The van der Waals surface area contributed by atoms with Crippen LogP contribution in [0.1, 0.15) is 125 Å². The molecule has 6 aromatic carbocycles. The molecule has 0 spiro atoms. The number of aromatic nitrogens is 2. The zero-order valence-corrected chi connectivity index (χ0v) is 59.8. The summed E-state index contributed by atoms with van der Waals surface area (Å²) in [5, 5.41) is 22.9. The van der Waals surface area contributed by atoms with E-state index in [-0.39, 0.29) is 66.2 Å². The summed E-state index contributed by atoms with van der Waals surface area (Å²) < 4.78 is 16.7. The fraction of sp³-hybridized carbons (Fsp3) is 0.465. The van der Waals surface area contributed by atoms with Gasteiger partial charge in [-0.2, -0.15) is 0 Å². The summed E-state index contributed by atoms with van der Waals surface area (Å²) in [6.07, 6.45) is 22.0. The van der Waals surface area contributed by atoms with E-state index in [1.165, 1.54) is 22.3 Å². The third-order valence-corrected chi connectivity index (χ3v) is 21.1. The molecule has 0 unspecified atom stereocenters. The van der Waals surface area contributed by atoms with Crippen LogP contribution in [0.15, 0.2) is 194 Å². The number of likely N-dealkylation sites (tertiary alicyclic amines) is 3. The summed E-state index contributed by atoms with van der Waals surface area (Å²) in [4.78, 5) is 68.0. The number of aryl methyl sites for hydroxylation is 4.